The highest BCUT2D eigenvalue weighted by atomic mass is 19.1. The van der Waals surface area contributed by atoms with Gasteiger partial charge in [0.1, 0.15) is 11.5 Å². The summed E-state index contributed by atoms with van der Waals surface area (Å²) in [6, 6.07) is 12.8. The van der Waals surface area contributed by atoms with E-state index in [1.807, 2.05) is 35.2 Å². The van der Waals surface area contributed by atoms with E-state index < -0.39 is 17.7 Å². The molecule has 1 aromatic heterocycles. The molecule has 0 aliphatic heterocycles. The molecule has 0 aliphatic carbocycles. The van der Waals surface area contributed by atoms with Crippen LogP contribution in [-0.4, -0.2) is 65.9 Å². The lowest BCUT2D eigenvalue weighted by Crippen LogP contribution is -2.37. The first kappa shape index (κ1) is 27.7. The maximum Gasteiger partial charge on any atom is 0.222 e. The van der Waals surface area contributed by atoms with E-state index in [1.165, 1.54) is 10.7 Å². The monoisotopic (exact) mass is 503 g/mol. The van der Waals surface area contributed by atoms with Crippen LogP contribution in [0.4, 0.5) is 8.78 Å². The Morgan fingerprint density at radius 2 is 1.83 bits per heavy atom. The fourth-order valence-electron chi connectivity index (χ4n) is 3.78. The molecule has 3 aromatic rings. The Morgan fingerprint density at radius 3 is 2.50 bits per heavy atom. The van der Waals surface area contributed by atoms with Crippen LogP contribution in [0.25, 0.3) is 11.3 Å². The number of methoxy groups -OCH3 is 1. The van der Waals surface area contributed by atoms with Gasteiger partial charge >= 0.3 is 0 Å². The van der Waals surface area contributed by atoms with Gasteiger partial charge in [-0.1, -0.05) is 44.2 Å². The molecule has 0 unspecified atom stereocenters. The van der Waals surface area contributed by atoms with Gasteiger partial charge in [0.2, 0.25) is 5.88 Å². The minimum absolute atomic E-state index is 0.106. The average molecular weight is 504 g/mol. The lowest BCUT2D eigenvalue weighted by atomic mass is 10.1. The highest BCUT2D eigenvalue weighted by Gasteiger charge is 2.24. The zero-order chi connectivity index (χ0) is 26.1. The normalized spacial score (nSPS) is 12.5. The molecule has 0 aliphatic rings. The average Bonchev–Trinajstić information content (AvgIpc) is 3.14. The van der Waals surface area contributed by atoms with Gasteiger partial charge in [-0.05, 0) is 18.1 Å². The number of hydrogen-bond donors (Lipinski definition) is 1. The van der Waals surface area contributed by atoms with E-state index in [9.17, 15) is 13.9 Å². The molecule has 7 nitrogen and oxygen atoms in total. The van der Waals surface area contributed by atoms with Crippen LogP contribution in [0.5, 0.6) is 11.6 Å². The predicted molar refractivity (Wildman–Crippen MR) is 134 cm³/mol. The van der Waals surface area contributed by atoms with Crippen molar-refractivity contribution in [3.05, 3.63) is 65.7 Å². The summed E-state index contributed by atoms with van der Waals surface area (Å²) in [6.45, 7) is 6.54. The minimum atomic E-state index is -0.808. The molecule has 36 heavy (non-hydrogen) atoms. The summed E-state index contributed by atoms with van der Waals surface area (Å²) < 4.78 is 46.3. The highest BCUT2D eigenvalue weighted by Crippen LogP contribution is 2.35. The molecule has 2 aromatic carbocycles. The van der Waals surface area contributed by atoms with Crippen LogP contribution in [0.3, 0.4) is 0 Å². The van der Waals surface area contributed by atoms with Crippen molar-refractivity contribution in [3.63, 3.8) is 0 Å². The van der Waals surface area contributed by atoms with Gasteiger partial charge in [0.25, 0.3) is 0 Å². The Kier molecular flexibility index (Phi) is 10.4. The van der Waals surface area contributed by atoms with E-state index in [0.29, 0.717) is 55.9 Å². The number of nitrogens with zero attached hydrogens (tertiary/aromatic N) is 3. The van der Waals surface area contributed by atoms with Crippen LogP contribution in [0, 0.1) is 17.6 Å². The molecule has 3 rings (SSSR count). The van der Waals surface area contributed by atoms with Gasteiger partial charge in [-0.3, -0.25) is 4.90 Å². The van der Waals surface area contributed by atoms with Gasteiger partial charge in [-0.15, -0.1) is 0 Å². The second-order valence-corrected chi connectivity index (χ2v) is 9.11. The molecule has 0 spiro atoms. The van der Waals surface area contributed by atoms with E-state index in [-0.39, 0.29) is 12.4 Å². The number of ether oxygens (including phenoxy) is 3. The molecule has 196 valence electrons. The van der Waals surface area contributed by atoms with Crippen molar-refractivity contribution in [3.8, 4) is 22.9 Å². The van der Waals surface area contributed by atoms with Crippen molar-refractivity contribution in [1.29, 1.82) is 0 Å². The molecule has 0 bridgehead atoms. The third-order valence-electron chi connectivity index (χ3n) is 5.46. The van der Waals surface area contributed by atoms with Crippen LogP contribution < -0.4 is 4.74 Å². The fourth-order valence-corrected chi connectivity index (χ4v) is 3.78. The maximum atomic E-state index is 14.4. The summed E-state index contributed by atoms with van der Waals surface area (Å²) >= 11 is 0. The fraction of sp³-hybridized carbons (Fsp3) is 0.444. The molecular weight excluding hydrogens is 468 g/mol. The zero-order valence-electron chi connectivity index (χ0n) is 21.3. The van der Waals surface area contributed by atoms with Gasteiger partial charge in [-0.25, -0.2) is 13.5 Å². The minimum Gasteiger partial charge on any atom is -0.436 e. The number of halogens is 2. The smallest absolute Gasteiger partial charge is 0.222 e. The third-order valence-corrected chi connectivity index (χ3v) is 5.46. The molecule has 0 radical (unpaired) electrons. The molecule has 9 heteroatoms. The molecule has 0 amide bonds. The summed E-state index contributed by atoms with van der Waals surface area (Å²) in [6.07, 6.45) is -0.712. The highest BCUT2D eigenvalue weighted by molar-refractivity contribution is 5.65. The van der Waals surface area contributed by atoms with E-state index >= 15 is 0 Å². The molecule has 0 saturated carbocycles. The number of aromatic nitrogens is 2. The first-order chi connectivity index (χ1) is 17.3. The lowest BCUT2D eigenvalue weighted by Gasteiger charge is -2.25. The molecule has 0 saturated heterocycles. The van der Waals surface area contributed by atoms with Gasteiger partial charge < -0.3 is 19.3 Å². The summed E-state index contributed by atoms with van der Waals surface area (Å²) in [5.41, 5.74) is 2.24. The van der Waals surface area contributed by atoms with E-state index in [0.717, 1.165) is 17.7 Å². The third kappa shape index (κ3) is 7.83. The van der Waals surface area contributed by atoms with Crippen LogP contribution >= 0.6 is 0 Å². The predicted octanol–water partition coefficient (Wildman–Crippen LogP) is 4.64. The molecule has 1 heterocycles. The Morgan fingerprint density at radius 1 is 1.08 bits per heavy atom. The molecule has 1 atom stereocenters. The van der Waals surface area contributed by atoms with Crippen molar-refractivity contribution in [1.82, 2.24) is 14.7 Å². The van der Waals surface area contributed by atoms with Gasteiger partial charge in [-0.2, -0.15) is 5.10 Å². The summed E-state index contributed by atoms with van der Waals surface area (Å²) in [4.78, 5) is 2.02. The maximum absolute atomic E-state index is 14.4. The quantitative estimate of drug-likeness (QED) is 0.346. The van der Waals surface area contributed by atoms with E-state index in [2.05, 4.69) is 18.9 Å². The largest absolute Gasteiger partial charge is 0.436 e. The van der Waals surface area contributed by atoms with Crippen LogP contribution in [0.15, 0.2) is 48.5 Å². The Balaban J connectivity index is 1.93. The number of aryl methyl sites for hydroxylation is 1. The van der Waals surface area contributed by atoms with Crippen LogP contribution in [-0.2, 0) is 23.1 Å². The number of hydrogen-bond acceptors (Lipinski definition) is 6. The van der Waals surface area contributed by atoms with Crippen molar-refractivity contribution in [2.75, 3.05) is 40.0 Å². The topological polar surface area (TPSA) is 69.0 Å². The van der Waals surface area contributed by atoms with Crippen molar-refractivity contribution in [2.45, 2.75) is 26.5 Å². The van der Waals surface area contributed by atoms with Crippen LogP contribution in [0.2, 0.25) is 0 Å². The standard InChI is InChI=1S/C27H35F2N3O4/c1-19(2)17-35-18-22(33)15-32(12-13-34-4)16-23-26(20-8-6-5-7-9-20)30-31(3)27(23)36-25-11-10-21(28)14-24(25)29/h5-11,14,19,22,33H,12-13,15-18H2,1-4H3/t22-/m0/s1. The van der Waals surface area contributed by atoms with Gasteiger partial charge in [0, 0.05) is 52.0 Å². The number of benzene rings is 2. The second-order valence-electron chi connectivity index (χ2n) is 9.11. The van der Waals surface area contributed by atoms with Gasteiger partial charge in [0.15, 0.2) is 11.6 Å². The summed E-state index contributed by atoms with van der Waals surface area (Å²) in [5, 5.41) is 15.3. The van der Waals surface area contributed by atoms with Gasteiger partial charge in [0.05, 0.1) is 24.9 Å². The van der Waals surface area contributed by atoms with Crippen molar-refractivity contribution in [2.24, 2.45) is 13.0 Å². The zero-order valence-corrected chi connectivity index (χ0v) is 21.3. The SMILES string of the molecule is COCCN(Cc1c(-c2ccccc2)nn(C)c1Oc1ccc(F)cc1F)C[C@H](O)COCC(C)C. The summed E-state index contributed by atoms with van der Waals surface area (Å²) in [5.74, 6) is -0.901. The number of aliphatic hydroxyl groups excluding tert-OH is 1. The number of rotatable bonds is 14. The Bertz CT molecular complexity index is 1090. The van der Waals surface area contributed by atoms with Crippen LogP contribution in [0.1, 0.15) is 19.4 Å². The number of aliphatic hydroxyl groups is 1. The Labute approximate surface area is 211 Å². The van der Waals surface area contributed by atoms with E-state index in [4.69, 9.17) is 14.2 Å². The second kappa shape index (κ2) is 13.5. The van der Waals surface area contributed by atoms with Crippen molar-refractivity contribution < 1.29 is 28.1 Å². The first-order valence-corrected chi connectivity index (χ1v) is 12.0. The molecular formula is C27H35F2N3O4. The van der Waals surface area contributed by atoms with Crippen molar-refractivity contribution >= 4 is 0 Å². The molecule has 1 N–H and O–H groups in total. The molecule has 0 fully saturated rings. The first-order valence-electron chi connectivity index (χ1n) is 12.0. The Hall–Kier alpha value is -2.85. The van der Waals surface area contributed by atoms with E-state index in [1.54, 1.807) is 14.2 Å². The summed E-state index contributed by atoms with van der Waals surface area (Å²) in [7, 11) is 3.33. The lowest BCUT2D eigenvalue weighted by molar-refractivity contribution is 0.00329.